The van der Waals surface area contributed by atoms with Gasteiger partial charge in [0.2, 0.25) is 0 Å². The molecule has 0 amide bonds. The van der Waals surface area contributed by atoms with Gasteiger partial charge in [-0.2, -0.15) is 26.3 Å². The van der Waals surface area contributed by atoms with Gasteiger partial charge in [-0.15, -0.1) is 5.10 Å². The fraction of sp³-hybridized carbons (Fsp3) is 0.375. The second-order valence-corrected chi connectivity index (χ2v) is 6.21. The van der Waals surface area contributed by atoms with Crippen molar-refractivity contribution in [2.45, 2.75) is 24.7 Å². The zero-order valence-corrected chi connectivity index (χ0v) is 14.0. The summed E-state index contributed by atoms with van der Waals surface area (Å²) in [7, 11) is 0. The highest BCUT2D eigenvalue weighted by molar-refractivity contribution is 5.58. The van der Waals surface area contributed by atoms with Crippen LogP contribution in [0, 0.1) is 0 Å². The number of aromatic nitrogens is 3. The van der Waals surface area contributed by atoms with Crippen molar-refractivity contribution in [1.29, 1.82) is 0 Å². The molecule has 1 aliphatic rings. The first-order valence-electron chi connectivity index (χ1n) is 7.93. The molecule has 0 aliphatic carbocycles. The van der Waals surface area contributed by atoms with E-state index < -0.39 is 41.4 Å². The molecule has 1 atom stereocenters. The number of benzene rings is 1. The van der Waals surface area contributed by atoms with Crippen molar-refractivity contribution in [3.05, 3.63) is 41.7 Å². The molecule has 2 N–H and O–H groups in total. The van der Waals surface area contributed by atoms with Crippen molar-refractivity contribution in [1.82, 2.24) is 19.7 Å². The van der Waals surface area contributed by atoms with Crippen LogP contribution >= 0.6 is 0 Å². The van der Waals surface area contributed by atoms with Crippen molar-refractivity contribution in [3.63, 3.8) is 0 Å². The van der Waals surface area contributed by atoms with Crippen LogP contribution in [0.1, 0.15) is 11.1 Å². The molecule has 2 aromatic rings. The van der Waals surface area contributed by atoms with E-state index in [-0.39, 0.29) is 25.0 Å². The summed E-state index contributed by atoms with van der Waals surface area (Å²) in [6, 6.07) is 1.10. The molecule has 3 rings (SSSR count). The molecule has 1 aromatic carbocycles. The molecule has 28 heavy (non-hydrogen) atoms. The SMILES string of the molecule is OC1CN(C(O)/C=C\n2cnc(-c3cc(C(F)(F)F)cc(C(F)(F)F)c3)n2)C1. The van der Waals surface area contributed by atoms with Crippen molar-refractivity contribution in [3.8, 4) is 11.4 Å². The summed E-state index contributed by atoms with van der Waals surface area (Å²) >= 11 is 0. The van der Waals surface area contributed by atoms with Gasteiger partial charge >= 0.3 is 12.4 Å². The Morgan fingerprint density at radius 2 is 1.61 bits per heavy atom. The number of halogens is 6. The molecule has 0 bridgehead atoms. The molecular weight excluding hydrogens is 394 g/mol. The lowest BCUT2D eigenvalue weighted by Gasteiger charge is -2.37. The van der Waals surface area contributed by atoms with Gasteiger partial charge in [0.1, 0.15) is 12.6 Å². The van der Waals surface area contributed by atoms with Crippen LogP contribution in [0.2, 0.25) is 0 Å². The van der Waals surface area contributed by atoms with Crippen molar-refractivity contribution < 1.29 is 36.6 Å². The van der Waals surface area contributed by atoms with Crippen molar-refractivity contribution >= 4 is 6.20 Å². The van der Waals surface area contributed by atoms with Gasteiger partial charge < -0.3 is 10.2 Å². The van der Waals surface area contributed by atoms with E-state index in [0.29, 0.717) is 12.1 Å². The highest BCUT2D eigenvalue weighted by atomic mass is 19.4. The fourth-order valence-corrected chi connectivity index (χ4v) is 2.55. The second-order valence-electron chi connectivity index (χ2n) is 6.21. The maximum absolute atomic E-state index is 12.9. The average Bonchev–Trinajstić information content (AvgIpc) is 3.04. The molecule has 0 radical (unpaired) electrons. The van der Waals surface area contributed by atoms with Crippen LogP contribution in [0.25, 0.3) is 17.6 Å². The first kappa shape index (κ1) is 20.3. The van der Waals surface area contributed by atoms with Crippen LogP contribution in [0.15, 0.2) is 30.6 Å². The fourth-order valence-electron chi connectivity index (χ4n) is 2.55. The number of rotatable bonds is 4. The predicted molar refractivity (Wildman–Crippen MR) is 84.4 cm³/mol. The van der Waals surface area contributed by atoms with Crippen LogP contribution in [0.5, 0.6) is 0 Å². The zero-order chi connectivity index (χ0) is 20.7. The lowest BCUT2D eigenvalue weighted by atomic mass is 10.0. The number of hydrogen-bond acceptors (Lipinski definition) is 5. The lowest BCUT2D eigenvalue weighted by Crippen LogP contribution is -2.54. The van der Waals surface area contributed by atoms with E-state index in [1.165, 1.54) is 17.2 Å². The Kier molecular flexibility index (Phi) is 5.21. The Labute approximate surface area is 154 Å². The maximum Gasteiger partial charge on any atom is 0.416 e. The van der Waals surface area contributed by atoms with Gasteiger partial charge in [0.05, 0.1) is 17.2 Å². The Bertz CT molecular complexity index is 838. The number of likely N-dealkylation sites (tertiary alicyclic amines) is 1. The van der Waals surface area contributed by atoms with E-state index in [9.17, 15) is 36.6 Å². The van der Waals surface area contributed by atoms with E-state index in [1.54, 1.807) is 0 Å². The van der Waals surface area contributed by atoms with Crippen LogP contribution in [0.3, 0.4) is 0 Å². The van der Waals surface area contributed by atoms with Crippen LogP contribution < -0.4 is 0 Å². The molecule has 2 heterocycles. The predicted octanol–water partition coefficient (Wildman–Crippen LogP) is 2.45. The van der Waals surface area contributed by atoms with Gasteiger partial charge in [0.15, 0.2) is 5.82 Å². The maximum atomic E-state index is 12.9. The van der Waals surface area contributed by atoms with Gasteiger partial charge in [-0.05, 0) is 24.3 Å². The molecule has 12 heteroatoms. The standard InChI is InChI=1S/C16H14F6N4O2/c17-15(18,19)10-3-9(4-11(5-10)16(20,21)22)14-23-8-26(24-14)2-1-13(28)25-6-12(27)7-25/h1-5,8,12-13,27-28H,6-7H2/b2-1-. The number of β-amino-alcohol motifs (C(OH)–C–C–N with tert-alkyl or cyclic N) is 1. The van der Waals surface area contributed by atoms with Gasteiger partial charge in [-0.25, -0.2) is 9.67 Å². The highest BCUT2D eigenvalue weighted by Gasteiger charge is 2.37. The number of nitrogens with zero attached hydrogens (tertiary/aromatic N) is 4. The molecule has 1 aliphatic heterocycles. The molecule has 152 valence electrons. The molecule has 6 nitrogen and oxygen atoms in total. The first-order valence-corrected chi connectivity index (χ1v) is 7.93. The third-order valence-corrected chi connectivity index (χ3v) is 4.03. The summed E-state index contributed by atoms with van der Waals surface area (Å²) < 4.78 is 78.6. The number of aliphatic hydroxyl groups excluding tert-OH is 2. The van der Waals surface area contributed by atoms with Gasteiger partial charge in [0.25, 0.3) is 0 Å². The quantitative estimate of drug-likeness (QED) is 0.761. The first-order chi connectivity index (χ1) is 12.9. The molecule has 0 saturated carbocycles. The number of hydrogen-bond donors (Lipinski definition) is 2. The summed E-state index contributed by atoms with van der Waals surface area (Å²) in [4.78, 5) is 5.26. The van der Waals surface area contributed by atoms with Crippen molar-refractivity contribution in [2.24, 2.45) is 0 Å². The second kappa shape index (κ2) is 7.18. The van der Waals surface area contributed by atoms with E-state index in [4.69, 9.17) is 0 Å². The normalized spacial score (nSPS) is 17.9. The van der Waals surface area contributed by atoms with E-state index in [2.05, 4.69) is 10.1 Å². The summed E-state index contributed by atoms with van der Waals surface area (Å²) in [5.41, 5.74) is -3.37. The van der Waals surface area contributed by atoms with Gasteiger partial charge in [0, 0.05) is 24.9 Å². The lowest BCUT2D eigenvalue weighted by molar-refractivity contribution is -0.143. The molecule has 1 fully saturated rings. The van der Waals surface area contributed by atoms with E-state index in [1.807, 2.05) is 0 Å². The number of aliphatic hydroxyl groups is 2. The Morgan fingerprint density at radius 1 is 1.04 bits per heavy atom. The zero-order valence-electron chi connectivity index (χ0n) is 14.0. The summed E-state index contributed by atoms with van der Waals surface area (Å²) in [5, 5.41) is 22.8. The summed E-state index contributed by atoms with van der Waals surface area (Å²) in [6.07, 6.45) is -7.86. The third kappa shape index (κ3) is 4.51. The Balaban J connectivity index is 1.86. The highest BCUT2D eigenvalue weighted by Crippen LogP contribution is 2.38. The Morgan fingerprint density at radius 3 is 2.11 bits per heavy atom. The summed E-state index contributed by atoms with van der Waals surface area (Å²) in [6.45, 7) is 0.553. The van der Waals surface area contributed by atoms with Crippen LogP contribution in [-0.2, 0) is 12.4 Å². The molecule has 0 spiro atoms. The van der Waals surface area contributed by atoms with Gasteiger partial charge in [-0.1, -0.05) is 0 Å². The smallest absolute Gasteiger partial charge is 0.390 e. The molecule has 1 unspecified atom stereocenters. The average molecular weight is 408 g/mol. The number of alkyl halides is 6. The van der Waals surface area contributed by atoms with Gasteiger partial charge in [-0.3, -0.25) is 4.90 Å². The Hall–Kier alpha value is -2.44. The molecule has 1 saturated heterocycles. The monoisotopic (exact) mass is 408 g/mol. The molecular formula is C16H14F6N4O2. The summed E-state index contributed by atoms with van der Waals surface area (Å²) in [5.74, 6) is -0.338. The largest absolute Gasteiger partial charge is 0.416 e. The molecule has 1 aromatic heterocycles. The topological polar surface area (TPSA) is 74.4 Å². The minimum Gasteiger partial charge on any atom is -0.390 e. The van der Waals surface area contributed by atoms with Crippen LogP contribution in [-0.4, -0.2) is 55.3 Å². The van der Waals surface area contributed by atoms with E-state index >= 15 is 0 Å². The minimum atomic E-state index is -4.97. The van der Waals surface area contributed by atoms with E-state index in [0.717, 1.165) is 11.0 Å². The van der Waals surface area contributed by atoms with Crippen molar-refractivity contribution in [2.75, 3.05) is 13.1 Å². The minimum absolute atomic E-state index is 0.0260. The third-order valence-electron chi connectivity index (χ3n) is 4.03. The van der Waals surface area contributed by atoms with Crippen LogP contribution in [0.4, 0.5) is 26.3 Å².